The standard InChI is InChI=1S/C19H19F3N2O7S2.C2H6/c1-3-5-6-14(4-2)15-11-17(31-33(29,30)19(20,21)22)13-23(12-15)32(27,28)18-9-7-16(8-10-18)24(25)26;1-2/h3-11,15H,2,12-13H2,1H3;1-2H3/b5-3-,14-6+;. The number of sulfonamides is 1. The van der Waals surface area contributed by atoms with Crippen LogP contribution >= 0.6 is 0 Å². The monoisotopic (exact) mass is 538 g/mol. The number of allylic oxidation sites excluding steroid dienone is 4. The van der Waals surface area contributed by atoms with Crippen LogP contribution in [0.5, 0.6) is 0 Å². The molecule has 9 nitrogen and oxygen atoms in total. The summed E-state index contributed by atoms with van der Waals surface area (Å²) in [5.74, 6) is -1.64. The molecule has 0 bridgehead atoms. The van der Waals surface area contributed by atoms with Crippen LogP contribution in [0.3, 0.4) is 0 Å². The Morgan fingerprint density at radius 1 is 1.20 bits per heavy atom. The van der Waals surface area contributed by atoms with Crippen LogP contribution in [0.2, 0.25) is 0 Å². The van der Waals surface area contributed by atoms with Crippen molar-refractivity contribution in [2.75, 3.05) is 13.1 Å². The van der Waals surface area contributed by atoms with Gasteiger partial charge in [-0.2, -0.15) is 25.9 Å². The minimum atomic E-state index is -6.04. The third-order valence-electron chi connectivity index (χ3n) is 4.45. The van der Waals surface area contributed by atoms with Crippen LogP contribution in [0.4, 0.5) is 18.9 Å². The Morgan fingerprint density at radius 2 is 1.77 bits per heavy atom. The molecule has 1 aliphatic rings. The van der Waals surface area contributed by atoms with E-state index in [1.807, 2.05) is 13.8 Å². The van der Waals surface area contributed by atoms with E-state index in [0.29, 0.717) is 5.57 Å². The van der Waals surface area contributed by atoms with Gasteiger partial charge >= 0.3 is 15.6 Å². The SMILES string of the molecule is C=C/C(=C\C=C/C)C1C=C(OS(=O)(=O)C(F)(F)F)CN(S(=O)(=O)c2ccc([N+](=O)[O-])cc2)C1.CC. The van der Waals surface area contributed by atoms with Gasteiger partial charge in [0.25, 0.3) is 5.69 Å². The van der Waals surface area contributed by atoms with Crippen molar-refractivity contribution in [2.45, 2.75) is 31.2 Å². The van der Waals surface area contributed by atoms with Gasteiger partial charge in [-0.25, -0.2) is 8.42 Å². The molecule has 0 N–H and O–H groups in total. The van der Waals surface area contributed by atoms with E-state index in [1.54, 1.807) is 19.1 Å². The molecule has 0 amide bonds. The summed E-state index contributed by atoms with van der Waals surface area (Å²) in [6, 6.07) is 3.85. The Bertz CT molecular complexity index is 1220. The molecule has 1 aromatic carbocycles. The Hall–Kier alpha value is -2.97. The lowest BCUT2D eigenvalue weighted by Gasteiger charge is -2.31. The first kappa shape index (κ1) is 30.1. The van der Waals surface area contributed by atoms with Gasteiger partial charge in [0.1, 0.15) is 5.76 Å². The normalized spacial score (nSPS) is 17.8. The molecule has 1 aromatic rings. The number of hydrogen-bond acceptors (Lipinski definition) is 7. The highest BCUT2D eigenvalue weighted by molar-refractivity contribution is 7.89. The molecule has 0 spiro atoms. The molecule has 194 valence electrons. The van der Waals surface area contributed by atoms with Gasteiger partial charge in [-0.3, -0.25) is 10.1 Å². The van der Waals surface area contributed by atoms with E-state index in [2.05, 4.69) is 10.8 Å². The van der Waals surface area contributed by atoms with Crippen LogP contribution in [0, 0.1) is 16.0 Å². The molecule has 0 saturated carbocycles. The number of nitro benzene ring substituents is 1. The largest absolute Gasteiger partial charge is 0.534 e. The van der Waals surface area contributed by atoms with E-state index in [1.165, 1.54) is 12.2 Å². The fourth-order valence-corrected chi connectivity index (χ4v) is 4.77. The molecule has 1 heterocycles. The molecule has 0 fully saturated rings. The molecule has 14 heteroatoms. The average molecular weight is 539 g/mol. The predicted molar refractivity (Wildman–Crippen MR) is 124 cm³/mol. The van der Waals surface area contributed by atoms with Gasteiger partial charge in [-0.15, -0.1) is 0 Å². The van der Waals surface area contributed by atoms with Gasteiger partial charge < -0.3 is 4.18 Å². The predicted octanol–water partition coefficient (Wildman–Crippen LogP) is 4.68. The van der Waals surface area contributed by atoms with Crippen LogP contribution in [0.25, 0.3) is 0 Å². The lowest BCUT2D eigenvalue weighted by Crippen LogP contribution is -2.41. The maximum atomic E-state index is 13.1. The first-order valence-corrected chi connectivity index (χ1v) is 13.0. The molecule has 0 radical (unpaired) electrons. The van der Waals surface area contributed by atoms with Gasteiger partial charge in [0, 0.05) is 24.6 Å². The summed E-state index contributed by atoms with van der Waals surface area (Å²) < 4.78 is 92.6. The summed E-state index contributed by atoms with van der Waals surface area (Å²) >= 11 is 0. The van der Waals surface area contributed by atoms with E-state index in [9.17, 15) is 40.1 Å². The fourth-order valence-electron chi connectivity index (χ4n) is 2.85. The number of hydrogen-bond donors (Lipinski definition) is 0. The second kappa shape index (κ2) is 12.1. The highest BCUT2D eigenvalue weighted by atomic mass is 32.2. The Kier molecular flexibility index (Phi) is 10.4. The molecule has 0 aromatic heterocycles. The smallest absolute Gasteiger partial charge is 0.379 e. The van der Waals surface area contributed by atoms with Gasteiger partial charge in [-0.05, 0) is 30.7 Å². The van der Waals surface area contributed by atoms with Crippen molar-refractivity contribution in [1.29, 1.82) is 0 Å². The zero-order chi connectivity index (χ0) is 27.0. The second-order valence-electron chi connectivity index (χ2n) is 6.67. The van der Waals surface area contributed by atoms with Crippen LogP contribution in [0.1, 0.15) is 20.8 Å². The number of halogens is 3. The van der Waals surface area contributed by atoms with Gasteiger partial charge in [0.2, 0.25) is 10.0 Å². The maximum Gasteiger partial charge on any atom is 0.534 e. The van der Waals surface area contributed by atoms with Crippen LogP contribution in [0.15, 0.2) is 77.5 Å². The second-order valence-corrected chi connectivity index (χ2v) is 10.1. The first-order valence-electron chi connectivity index (χ1n) is 10.1. The van der Waals surface area contributed by atoms with Crippen molar-refractivity contribution in [3.8, 4) is 0 Å². The Balaban J connectivity index is 0.00000298. The molecule has 1 atom stereocenters. The van der Waals surface area contributed by atoms with Gasteiger partial charge in [-0.1, -0.05) is 44.7 Å². The minimum Gasteiger partial charge on any atom is -0.379 e. The molecule has 0 saturated heterocycles. The molecular formula is C21H25F3N2O7S2. The van der Waals surface area contributed by atoms with Crippen molar-refractivity contribution in [3.63, 3.8) is 0 Å². The summed E-state index contributed by atoms with van der Waals surface area (Å²) in [6.45, 7) is 8.22. The lowest BCUT2D eigenvalue weighted by molar-refractivity contribution is -0.384. The Morgan fingerprint density at radius 3 is 2.23 bits per heavy atom. The summed E-state index contributed by atoms with van der Waals surface area (Å²) in [5.41, 5.74) is -5.69. The first-order chi connectivity index (χ1) is 16.2. The number of rotatable bonds is 8. The number of nitrogens with zero attached hydrogens (tertiary/aromatic N) is 2. The van der Waals surface area contributed by atoms with E-state index in [-0.39, 0.29) is 17.1 Å². The van der Waals surface area contributed by atoms with Crippen LogP contribution < -0.4 is 0 Å². The third-order valence-corrected chi connectivity index (χ3v) is 7.28. The van der Waals surface area contributed by atoms with Crippen LogP contribution in [-0.2, 0) is 24.3 Å². The van der Waals surface area contributed by atoms with Crippen molar-refractivity contribution in [3.05, 3.63) is 82.7 Å². The number of nitro groups is 1. The van der Waals surface area contributed by atoms with Crippen molar-refractivity contribution in [1.82, 2.24) is 4.31 Å². The van der Waals surface area contributed by atoms with Crippen molar-refractivity contribution in [2.24, 2.45) is 5.92 Å². The maximum absolute atomic E-state index is 13.1. The summed E-state index contributed by atoms with van der Waals surface area (Å²) in [4.78, 5) is 9.71. The molecule has 1 aliphatic heterocycles. The van der Waals surface area contributed by atoms with E-state index >= 15 is 0 Å². The highest BCUT2D eigenvalue weighted by Crippen LogP contribution is 2.32. The number of alkyl halides is 3. The fraction of sp³-hybridized carbons (Fsp3) is 0.333. The highest BCUT2D eigenvalue weighted by Gasteiger charge is 2.49. The number of non-ortho nitro benzene ring substituents is 1. The quantitative estimate of drug-likeness (QED) is 0.155. The molecule has 2 rings (SSSR count). The van der Waals surface area contributed by atoms with Crippen LogP contribution in [-0.4, -0.2) is 44.7 Å². The molecule has 1 unspecified atom stereocenters. The van der Waals surface area contributed by atoms with E-state index < -0.39 is 48.8 Å². The molecule has 35 heavy (non-hydrogen) atoms. The number of benzene rings is 1. The lowest BCUT2D eigenvalue weighted by atomic mass is 9.95. The molecule has 0 aliphatic carbocycles. The summed E-state index contributed by atoms with van der Waals surface area (Å²) in [5, 5.41) is 10.8. The summed E-state index contributed by atoms with van der Waals surface area (Å²) in [7, 11) is -10.4. The summed E-state index contributed by atoms with van der Waals surface area (Å²) in [6.07, 6.45) is 7.20. The van der Waals surface area contributed by atoms with Crippen molar-refractivity contribution < 1.29 is 39.1 Å². The minimum absolute atomic E-state index is 0.270. The third kappa shape index (κ3) is 7.50. The van der Waals surface area contributed by atoms with Crippen molar-refractivity contribution >= 4 is 25.8 Å². The van der Waals surface area contributed by atoms with E-state index in [0.717, 1.165) is 34.6 Å². The zero-order valence-electron chi connectivity index (χ0n) is 19.1. The van der Waals surface area contributed by atoms with E-state index in [4.69, 9.17) is 0 Å². The zero-order valence-corrected chi connectivity index (χ0v) is 20.7. The molecular weight excluding hydrogens is 513 g/mol. The van der Waals surface area contributed by atoms with Gasteiger partial charge in [0.15, 0.2) is 0 Å². The van der Waals surface area contributed by atoms with Gasteiger partial charge in [0.05, 0.1) is 16.4 Å². The Labute approximate surface area is 202 Å². The topological polar surface area (TPSA) is 124 Å². The average Bonchev–Trinajstić information content (AvgIpc) is 2.79.